The first-order chi connectivity index (χ1) is 16.2. The number of benzene rings is 4. The van der Waals surface area contributed by atoms with E-state index >= 15 is 0 Å². The molecule has 3 aromatic heterocycles. The Labute approximate surface area is 189 Å². The topological polar surface area (TPSA) is 39.4 Å². The third-order valence-corrected chi connectivity index (χ3v) is 6.68. The smallest absolute Gasteiger partial charge is 0.146 e. The predicted octanol–water partition coefficient (Wildman–Crippen LogP) is 9.03. The molecule has 3 heterocycles. The standard InChI is InChI=1S/C30H20O3/c1-17-21-13-15-23-25(29(21)32-27(17)19-9-5-3-6-10-19)26-24(31-23)16-14-22-18(2)28(33-30(22)26)20-11-7-4-8-12-20/h3-16H,1-2H3. The van der Waals surface area contributed by atoms with Crippen molar-refractivity contribution in [3.8, 4) is 22.6 Å². The van der Waals surface area contributed by atoms with Crippen molar-refractivity contribution in [1.29, 1.82) is 0 Å². The molecule has 33 heavy (non-hydrogen) atoms. The highest BCUT2D eigenvalue weighted by Crippen LogP contribution is 2.45. The van der Waals surface area contributed by atoms with Gasteiger partial charge in [-0.05, 0) is 38.1 Å². The molecular weight excluding hydrogens is 408 g/mol. The van der Waals surface area contributed by atoms with Gasteiger partial charge in [-0.3, -0.25) is 0 Å². The van der Waals surface area contributed by atoms with Gasteiger partial charge in [-0.15, -0.1) is 0 Å². The van der Waals surface area contributed by atoms with Gasteiger partial charge in [0.15, 0.2) is 0 Å². The molecule has 0 bridgehead atoms. The monoisotopic (exact) mass is 428 g/mol. The molecule has 3 nitrogen and oxygen atoms in total. The summed E-state index contributed by atoms with van der Waals surface area (Å²) in [6.45, 7) is 4.23. The van der Waals surface area contributed by atoms with Gasteiger partial charge in [0.25, 0.3) is 0 Å². The lowest BCUT2D eigenvalue weighted by molar-refractivity contribution is 0.630. The molecule has 0 saturated heterocycles. The van der Waals surface area contributed by atoms with Gasteiger partial charge >= 0.3 is 0 Å². The van der Waals surface area contributed by atoms with E-state index in [1.807, 2.05) is 48.5 Å². The van der Waals surface area contributed by atoms with E-state index in [-0.39, 0.29) is 0 Å². The number of hydrogen-bond acceptors (Lipinski definition) is 3. The van der Waals surface area contributed by atoms with Crippen LogP contribution in [-0.4, -0.2) is 0 Å². The highest BCUT2D eigenvalue weighted by atomic mass is 16.4. The van der Waals surface area contributed by atoms with Crippen LogP contribution in [0.1, 0.15) is 11.1 Å². The predicted molar refractivity (Wildman–Crippen MR) is 134 cm³/mol. The molecule has 0 spiro atoms. The molecule has 0 unspecified atom stereocenters. The van der Waals surface area contributed by atoms with Crippen LogP contribution in [0.2, 0.25) is 0 Å². The van der Waals surface area contributed by atoms with E-state index in [9.17, 15) is 0 Å². The van der Waals surface area contributed by atoms with Crippen LogP contribution in [-0.2, 0) is 0 Å². The first-order valence-corrected chi connectivity index (χ1v) is 11.1. The molecule has 0 atom stereocenters. The van der Waals surface area contributed by atoms with Gasteiger partial charge in [-0.25, -0.2) is 0 Å². The van der Waals surface area contributed by atoms with Crippen LogP contribution in [0.4, 0.5) is 0 Å². The van der Waals surface area contributed by atoms with Gasteiger partial charge < -0.3 is 13.3 Å². The molecule has 0 amide bonds. The molecule has 4 aromatic carbocycles. The Morgan fingerprint density at radius 3 is 1.30 bits per heavy atom. The van der Waals surface area contributed by atoms with E-state index in [0.29, 0.717) is 0 Å². The molecule has 0 aliphatic heterocycles. The van der Waals surface area contributed by atoms with Crippen LogP contribution >= 0.6 is 0 Å². The highest BCUT2D eigenvalue weighted by molar-refractivity contribution is 6.25. The molecule has 0 aliphatic rings. The minimum absolute atomic E-state index is 0.800. The molecule has 7 aromatic rings. The highest BCUT2D eigenvalue weighted by Gasteiger charge is 2.23. The van der Waals surface area contributed by atoms with E-state index < -0.39 is 0 Å². The number of furan rings is 3. The molecule has 0 radical (unpaired) electrons. The number of hydrogen-bond donors (Lipinski definition) is 0. The summed E-state index contributed by atoms with van der Waals surface area (Å²) < 4.78 is 19.3. The fourth-order valence-corrected chi connectivity index (χ4v) is 5.03. The Morgan fingerprint density at radius 1 is 0.455 bits per heavy atom. The van der Waals surface area contributed by atoms with Crippen molar-refractivity contribution in [2.24, 2.45) is 0 Å². The molecule has 7 rings (SSSR count). The lowest BCUT2D eigenvalue weighted by Crippen LogP contribution is -1.76. The van der Waals surface area contributed by atoms with E-state index in [1.54, 1.807) is 0 Å². The van der Waals surface area contributed by atoms with Gasteiger partial charge in [0.2, 0.25) is 0 Å². The largest absolute Gasteiger partial charge is 0.456 e. The summed E-state index contributed by atoms with van der Waals surface area (Å²) in [6, 6.07) is 28.7. The zero-order valence-electron chi connectivity index (χ0n) is 18.3. The van der Waals surface area contributed by atoms with Crippen LogP contribution in [0, 0.1) is 13.8 Å². The van der Waals surface area contributed by atoms with E-state index in [0.717, 1.165) is 77.7 Å². The van der Waals surface area contributed by atoms with E-state index in [2.05, 4.69) is 50.2 Å². The van der Waals surface area contributed by atoms with Gasteiger partial charge in [-0.2, -0.15) is 0 Å². The van der Waals surface area contributed by atoms with Crippen LogP contribution in [0.5, 0.6) is 0 Å². The number of aryl methyl sites for hydroxylation is 2. The van der Waals surface area contributed by atoms with Crippen LogP contribution in [0.25, 0.3) is 66.5 Å². The Kier molecular flexibility index (Phi) is 3.68. The summed E-state index contributed by atoms with van der Waals surface area (Å²) >= 11 is 0. The first kappa shape index (κ1) is 18.3. The summed E-state index contributed by atoms with van der Waals surface area (Å²) in [4.78, 5) is 0. The maximum atomic E-state index is 6.53. The number of fused-ring (bicyclic) bond motifs is 7. The van der Waals surface area contributed by atoms with E-state index in [1.165, 1.54) is 0 Å². The zero-order chi connectivity index (χ0) is 22.1. The van der Waals surface area contributed by atoms with Crippen molar-refractivity contribution in [3.05, 3.63) is 96.1 Å². The third kappa shape index (κ3) is 2.50. The van der Waals surface area contributed by atoms with Crippen molar-refractivity contribution < 1.29 is 13.3 Å². The van der Waals surface area contributed by atoms with Crippen molar-refractivity contribution >= 4 is 43.9 Å². The molecular formula is C30H20O3. The lowest BCUT2D eigenvalue weighted by Gasteiger charge is -1.97. The van der Waals surface area contributed by atoms with Gasteiger partial charge in [0.05, 0.1) is 10.8 Å². The van der Waals surface area contributed by atoms with E-state index in [4.69, 9.17) is 13.3 Å². The van der Waals surface area contributed by atoms with Gasteiger partial charge in [-0.1, -0.05) is 60.7 Å². The fraction of sp³-hybridized carbons (Fsp3) is 0.0667. The van der Waals surface area contributed by atoms with Crippen LogP contribution in [0.15, 0.2) is 98.2 Å². The summed E-state index contributed by atoms with van der Waals surface area (Å²) in [7, 11) is 0. The summed E-state index contributed by atoms with van der Waals surface area (Å²) in [5, 5.41) is 4.11. The minimum atomic E-state index is 0.800. The second-order valence-corrected chi connectivity index (χ2v) is 8.58. The van der Waals surface area contributed by atoms with Gasteiger partial charge in [0.1, 0.15) is 33.9 Å². The summed E-state index contributed by atoms with van der Waals surface area (Å²) in [5.41, 5.74) is 7.66. The zero-order valence-corrected chi connectivity index (χ0v) is 18.3. The summed E-state index contributed by atoms with van der Waals surface area (Å²) in [5.74, 6) is 1.78. The number of rotatable bonds is 2. The average molecular weight is 428 g/mol. The quantitative estimate of drug-likeness (QED) is 0.276. The first-order valence-electron chi connectivity index (χ1n) is 11.1. The van der Waals surface area contributed by atoms with Crippen molar-refractivity contribution in [3.63, 3.8) is 0 Å². The lowest BCUT2D eigenvalue weighted by atomic mass is 10.0. The van der Waals surface area contributed by atoms with Crippen LogP contribution < -0.4 is 0 Å². The molecule has 0 fully saturated rings. The second kappa shape index (κ2) is 6.63. The fourth-order valence-electron chi connectivity index (χ4n) is 5.03. The third-order valence-electron chi connectivity index (χ3n) is 6.68. The Hall–Kier alpha value is -4.24. The Morgan fingerprint density at radius 2 is 0.879 bits per heavy atom. The molecule has 158 valence electrons. The molecule has 0 aliphatic carbocycles. The molecule has 0 N–H and O–H groups in total. The maximum Gasteiger partial charge on any atom is 0.146 e. The van der Waals surface area contributed by atoms with Gasteiger partial charge in [0, 0.05) is 33.0 Å². The SMILES string of the molecule is Cc1c(-c2ccccc2)oc2c1ccc1oc3ccc4c(C)c(-c5ccccc5)oc4c3c12. The van der Waals surface area contributed by atoms with Crippen molar-refractivity contribution in [2.45, 2.75) is 13.8 Å². The van der Waals surface area contributed by atoms with Crippen LogP contribution in [0.3, 0.4) is 0 Å². The Balaban J connectivity index is 1.61. The van der Waals surface area contributed by atoms with Crippen molar-refractivity contribution in [2.75, 3.05) is 0 Å². The summed E-state index contributed by atoms with van der Waals surface area (Å²) in [6.07, 6.45) is 0. The minimum Gasteiger partial charge on any atom is -0.456 e. The normalized spacial score (nSPS) is 11.9. The van der Waals surface area contributed by atoms with Crippen molar-refractivity contribution in [1.82, 2.24) is 0 Å². The Bertz CT molecular complexity index is 1680. The molecule has 0 saturated carbocycles. The second-order valence-electron chi connectivity index (χ2n) is 8.58. The maximum absolute atomic E-state index is 6.53. The molecule has 3 heteroatoms. The average Bonchev–Trinajstić information content (AvgIpc) is 3.51.